The number of hydrogen-bond acceptors (Lipinski definition) is 3. The van der Waals surface area contributed by atoms with E-state index in [1.54, 1.807) is 0 Å². The molecule has 84 valence electrons. The van der Waals surface area contributed by atoms with Gasteiger partial charge < -0.3 is 10.6 Å². The summed E-state index contributed by atoms with van der Waals surface area (Å²) in [5, 5.41) is 1.09. The van der Waals surface area contributed by atoms with Gasteiger partial charge in [-0.25, -0.2) is 4.98 Å². The van der Waals surface area contributed by atoms with Crippen LogP contribution < -0.4 is 10.6 Å². The quantitative estimate of drug-likeness (QED) is 0.800. The molecular formula is C13H17N3. The van der Waals surface area contributed by atoms with Crippen molar-refractivity contribution in [3.8, 4) is 0 Å². The van der Waals surface area contributed by atoms with Crippen LogP contribution in [-0.4, -0.2) is 18.6 Å². The molecule has 0 aliphatic carbocycles. The van der Waals surface area contributed by atoms with Crippen LogP contribution in [0.25, 0.3) is 10.9 Å². The first kappa shape index (κ1) is 10.7. The van der Waals surface area contributed by atoms with E-state index >= 15 is 0 Å². The van der Waals surface area contributed by atoms with Crippen molar-refractivity contribution >= 4 is 22.4 Å². The molecule has 16 heavy (non-hydrogen) atoms. The maximum Gasteiger partial charge on any atom is 0.128 e. The zero-order valence-electron chi connectivity index (χ0n) is 9.77. The number of nitrogens with zero attached hydrogens (tertiary/aromatic N) is 2. The molecule has 3 nitrogen and oxygen atoms in total. The molecule has 2 N–H and O–H groups in total. The first-order valence-electron chi connectivity index (χ1n) is 5.58. The molecule has 1 aromatic heterocycles. The van der Waals surface area contributed by atoms with Gasteiger partial charge in [-0.15, -0.1) is 0 Å². The van der Waals surface area contributed by atoms with E-state index in [2.05, 4.69) is 29.9 Å². The van der Waals surface area contributed by atoms with E-state index in [-0.39, 0.29) is 0 Å². The van der Waals surface area contributed by atoms with Crippen molar-refractivity contribution in [3.63, 3.8) is 0 Å². The van der Waals surface area contributed by atoms with Gasteiger partial charge in [0.25, 0.3) is 0 Å². The van der Waals surface area contributed by atoms with Crippen LogP contribution in [-0.2, 0) is 0 Å². The molecule has 0 saturated carbocycles. The number of benzene rings is 1. The molecule has 2 rings (SSSR count). The number of nitrogens with two attached hydrogens (primary N) is 1. The highest BCUT2D eigenvalue weighted by atomic mass is 15.2. The largest absolute Gasteiger partial charge is 0.399 e. The van der Waals surface area contributed by atoms with E-state index in [0.717, 1.165) is 35.4 Å². The summed E-state index contributed by atoms with van der Waals surface area (Å²) >= 11 is 0. The molecule has 0 bridgehead atoms. The lowest BCUT2D eigenvalue weighted by Gasteiger charge is -2.17. The number of fused-ring (bicyclic) bond motifs is 1. The summed E-state index contributed by atoms with van der Waals surface area (Å²) in [4.78, 5) is 6.77. The van der Waals surface area contributed by atoms with Crippen molar-refractivity contribution in [1.29, 1.82) is 0 Å². The van der Waals surface area contributed by atoms with Crippen LogP contribution in [0, 0.1) is 0 Å². The molecule has 0 aliphatic rings. The van der Waals surface area contributed by atoms with Gasteiger partial charge in [0.15, 0.2) is 0 Å². The third-order valence-corrected chi connectivity index (χ3v) is 2.65. The minimum absolute atomic E-state index is 0.781. The molecule has 0 aliphatic heterocycles. The SMILES string of the molecule is CCCN(C)c1ccc2cc(N)ccc2n1. The third-order valence-electron chi connectivity index (χ3n) is 2.65. The van der Waals surface area contributed by atoms with Gasteiger partial charge in [-0.1, -0.05) is 6.92 Å². The van der Waals surface area contributed by atoms with Crippen molar-refractivity contribution < 1.29 is 0 Å². The number of hydrogen-bond donors (Lipinski definition) is 1. The molecular weight excluding hydrogens is 198 g/mol. The molecule has 1 aromatic carbocycles. The predicted octanol–water partition coefficient (Wildman–Crippen LogP) is 2.66. The van der Waals surface area contributed by atoms with Gasteiger partial charge >= 0.3 is 0 Å². The second-order valence-electron chi connectivity index (χ2n) is 4.04. The highest BCUT2D eigenvalue weighted by molar-refractivity contribution is 5.83. The highest BCUT2D eigenvalue weighted by Gasteiger charge is 2.02. The lowest BCUT2D eigenvalue weighted by Crippen LogP contribution is -2.18. The zero-order valence-corrected chi connectivity index (χ0v) is 9.77. The van der Waals surface area contributed by atoms with Crippen LogP contribution in [0.4, 0.5) is 11.5 Å². The van der Waals surface area contributed by atoms with E-state index in [4.69, 9.17) is 5.73 Å². The Morgan fingerprint density at radius 1 is 1.25 bits per heavy atom. The molecule has 0 radical (unpaired) electrons. The van der Waals surface area contributed by atoms with Gasteiger partial charge in [0.2, 0.25) is 0 Å². The number of nitrogen functional groups attached to an aromatic ring is 1. The van der Waals surface area contributed by atoms with E-state index in [9.17, 15) is 0 Å². The van der Waals surface area contributed by atoms with Crippen LogP contribution in [0.5, 0.6) is 0 Å². The number of aromatic nitrogens is 1. The standard InChI is InChI=1S/C13H17N3/c1-3-8-16(2)13-7-4-10-9-11(14)5-6-12(10)15-13/h4-7,9H,3,8,14H2,1-2H3. The average molecular weight is 215 g/mol. The maximum absolute atomic E-state index is 5.73. The van der Waals surface area contributed by atoms with E-state index in [1.807, 2.05) is 24.3 Å². The van der Waals surface area contributed by atoms with Crippen LogP contribution in [0.3, 0.4) is 0 Å². The molecule has 0 unspecified atom stereocenters. The second kappa shape index (κ2) is 4.39. The Labute approximate surface area is 95.9 Å². The van der Waals surface area contributed by atoms with Crippen molar-refractivity contribution in [2.45, 2.75) is 13.3 Å². The highest BCUT2D eigenvalue weighted by Crippen LogP contribution is 2.19. The van der Waals surface area contributed by atoms with Crippen molar-refractivity contribution in [2.24, 2.45) is 0 Å². The number of rotatable bonds is 3. The zero-order chi connectivity index (χ0) is 11.5. The molecule has 3 heteroatoms. The molecule has 2 aromatic rings. The van der Waals surface area contributed by atoms with E-state index in [0.29, 0.717) is 0 Å². The van der Waals surface area contributed by atoms with E-state index in [1.165, 1.54) is 0 Å². The fourth-order valence-electron chi connectivity index (χ4n) is 1.80. The summed E-state index contributed by atoms with van der Waals surface area (Å²) < 4.78 is 0. The van der Waals surface area contributed by atoms with Crippen molar-refractivity contribution in [3.05, 3.63) is 30.3 Å². The molecule has 0 saturated heterocycles. The summed E-state index contributed by atoms with van der Waals surface area (Å²) in [6.45, 7) is 3.19. The second-order valence-corrected chi connectivity index (χ2v) is 4.04. The Kier molecular flexibility index (Phi) is 2.95. The summed E-state index contributed by atoms with van der Waals surface area (Å²) in [5.41, 5.74) is 7.51. The average Bonchev–Trinajstić information content (AvgIpc) is 2.28. The van der Waals surface area contributed by atoms with Gasteiger partial charge in [-0.3, -0.25) is 0 Å². The van der Waals surface area contributed by atoms with Gasteiger partial charge in [0.05, 0.1) is 5.52 Å². The fourth-order valence-corrected chi connectivity index (χ4v) is 1.80. The molecule has 1 heterocycles. The Bertz CT molecular complexity index is 494. The predicted molar refractivity (Wildman–Crippen MR) is 69.7 cm³/mol. The fraction of sp³-hybridized carbons (Fsp3) is 0.308. The Hall–Kier alpha value is -1.77. The van der Waals surface area contributed by atoms with Gasteiger partial charge in [-0.2, -0.15) is 0 Å². The minimum atomic E-state index is 0.781. The third kappa shape index (κ3) is 2.08. The Balaban J connectivity index is 2.40. The molecule has 0 atom stereocenters. The summed E-state index contributed by atoms with van der Waals surface area (Å²) in [6, 6.07) is 9.91. The summed E-state index contributed by atoms with van der Waals surface area (Å²) in [6.07, 6.45) is 1.12. The molecule has 0 fully saturated rings. The summed E-state index contributed by atoms with van der Waals surface area (Å²) in [5.74, 6) is 1.01. The summed E-state index contributed by atoms with van der Waals surface area (Å²) in [7, 11) is 2.06. The Morgan fingerprint density at radius 2 is 2.06 bits per heavy atom. The monoisotopic (exact) mass is 215 g/mol. The number of anilines is 2. The first-order valence-corrected chi connectivity index (χ1v) is 5.58. The van der Waals surface area contributed by atoms with Gasteiger partial charge in [-0.05, 0) is 36.8 Å². The van der Waals surface area contributed by atoms with Crippen LogP contribution in [0.2, 0.25) is 0 Å². The van der Waals surface area contributed by atoms with Gasteiger partial charge in [0, 0.05) is 24.7 Å². The van der Waals surface area contributed by atoms with Crippen molar-refractivity contribution in [1.82, 2.24) is 4.98 Å². The maximum atomic E-state index is 5.73. The van der Waals surface area contributed by atoms with Crippen LogP contribution >= 0.6 is 0 Å². The normalized spacial score (nSPS) is 10.6. The first-order chi connectivity index (χ1) is 7.70. The number of pyridine rings is 1. The van der Waals surface area contributed by atoms with Crippen LogP contribution in [0.1, 0.15) is 13.3 Å². The topological polar surface area (TPSA) is 42.1 Å². The van der Waals surface area contributed by atoms with Crippen molar-refractivity contribution in [2.75, 3.05) is 24.2 Å². The lowest BCUT2D eigenvalue weighted by atomic mass is 10.2. The van der Waals surface area contributed by atoms with Gasteiger partial charge in [0.1, 0.15) is 5.82 Å². The van der Waals surface area contributed by atoms with Crippen LogP contribution in [0.15, 0.2) is 30.3 Å². The Morgan fingerprint density at radius 3 is 2.81 bits per heavy atom. The lowest BCUT2D eigenvalue weighted by molar-refractivity contribution is 0.840. The molecule has 0 amide bonds. The minimum Gasteiger partial charge on any atom is -0.399 e. The smallest absolute Gasteiger partial charge is 0.128 e. The van der Waals surface area contributed by atoms with E-state index < -0.39 is 0 Å². The molecule has 0 spiro atoms.